The van der Waals surface area contributed by atoms with Gasteiger partial charge in [0.05, 0.1) is 6.10 Å². The Bertz CT molecular complexity index is 282. The number of rotatable bonds is 3. The fraction of sp³-hybridized carbons (Fsp3) is 1.00. The molecule has 1 aliphatic carbocycles. The van der Waals surface area contributed by atoms with Gasteiger partial charge in [0.2, 0.25) is 0 Å². The largest absolute Gasteiger partial charge is 0.378 e. The molecule has 3 nitrogen and oxygen atoms in total. The quantitative estimate of drug-likeness (QED) is 0.780. The second kappa shape index (κ2) is 6.11. The normalized spacial score (nSPS) is 33.0. The number of ether oxygens (including phenoxy) is 1. The summed E-state index contributed by atoms with van der Waals surface area (Å²) in [6, 6.07) is 0. The maximum absolute atomic E-state index is 5.80. The fourth-order valence-electron chi connectivity index (χ4n) is 4.42. The van der Waals surface area contributed by atoms with Crippen LogP contribution in [0.2, 0.25) is 0 Å². The number of piperazine rings is 1. The highest BCUT2D eigenvalue weighted by atomic mass is 16.5. The van der Waals surface area contributed by atoms with Gasteiger partial charge in [-0.2, -0.15) is 0 Å². The molecule has 0 aromatic rings. The highest BCUT2D eigenvalue weighted by Crippen LogP contribution is 2.36. The third kappa shape index (κ3) is 3.14. The van der Waals surface area contributed by atoms with Gasteiger partial charge in [-0.05, 0) is 39.2 Å². The molecule has 0 unspecified atom stereocenters. The molecule has 110 valence electrons. The first-order valence-corrected chi connectivity index (χ1v) is 8.34. The Morgan fingerprint density at radius 3 is 2.68 bits per heavy atom. The van der Waals surface area contributed by atoms with Crippen LogP contribution in [0.1, 0.15) is 51.4 Å². The van der Waals surface area contributed by atoms with Crippen LogP contribution in [-0.4, -0.2) is 61.3 Å². The molecule has 0 radical (unpaired) electrons. The summed E-state index contributed by atoms with van der Waals surface area (Å²) in [5.74, 6) is 0. The number of hydrogen-bond donors (Lipinski definition) is 0. The summed E-state index contributed by atoms with van der Waals surface area (Å²) < 4.78 is 5.80. The van der Waals surface area contributed by atoms with Gasteiger partial charge in [-0.1, -0.05) is 19.3 Å². The van der Waals surface area contributed by atoms with E-state index in [1.165, 1.54) is 77.5 Å². The SMILES string of the molecule is CN1CCN(CC[C@H]2CCCO2)C2(CCCCC2)C1. The highest BCUT2D eigenvalue weighted by Gasteiger charge is 2.41. The standard InChI is InChI=1S/C16H30N2O/c1-17-11-12-18(10-7-15-6-5-13-19-15)16(14-17)8-3-2-4-9-16/h15H,2-14H2,1H3/t15-/m1/s1. The van der Waals surface area contributed by atoms with Crippen molar-refractivity contribution in [2.75, 3.05) is 39.8 Å². The minimum atomic E-state index is 0.504. The second-order valence-corrected chi connectivity index (χ2v) is 6.93. The van der Waals surface area contributed by atoms with Gasteiger partial charge in [0.1, 0.15) is 0 Å². The summed E-state index contributed by atoms with van der Waals surface area (Å²) in [7, 11) is 2.30. The van der Waals surface area contributed by atoms with Crippen molar-refractivity contribution in [2.24, 2.45) is 0 Å². The Kier molecular flexibility index (Phi) is 4.45. The number of hydrogen-bond acceptors (Lipinski definition) is 3. The number of likely N-dealkylation sites (N-methyl/N-ethyl adjacent to an activating group) is 1. The molecule has 2 heterocycles. The van der Waals surface area contributed by atoms with Crippen molar-refractivity contribution in [1.29, 1.82) is 0 Å². The van der Waals surface area contributed by atoms with Crippen LogP contribution < -0.4 is 0 Å². The maximum Gasteiger partial charge on any atom is 0.0588 e. The van der Waals surface area contributed by atoms with Gasteiger partial charge in [-0.3, -0.25) is 4.90 Å². The lowest BCUT2D eigenvalue weighted by molar-refractivity contribution is -0.0268. The average molecular weight is 266 g/mol. The molecule has 2 aliphatic heterocycles. The van der Waals surface area contributed by atoms with Crippen LogP contribution in [0.25, 0.3) is 0 Å². The van der Waals surface area contributed by atoms with E-state index in [0.717, 1.165) is 6.61 Å². The lowest BCUT2D eigenvalue weighted by Gasteiger charge is -2.52. The first-order valence-electron chi connectivity index (χ1n) is 8.34. The molecule has 0 N–H and O–H groups in total. The zero-order valence-corrected chi connectivity index (χ0v) is 12.6. The Morgan fingerprint density at radius 2 is 1.95 bits per heavy atom. The molecule has 3 aliphatic rings. The van der Waals surface area contributed by atoms with Crippen LogP contribution in [0, 0.1) is 0 Å². The predicted molar refractivity (Wildman–Crippen MR) is 78.5 cm³/mol. The summed E-state index contributed by atoms with van der Waals surface area (Å²) >= 11 is 0. The monoisotopic (exact) mass is 266 g/mol. The Labute approximate surface area is 118 Å². The lowest BCUT2D eigenvalue weighted by Crippen LogP contribution is -2.62. The topological polar surface area (TPSA) is 15.7 Å². The van der Waals surface area contributed by atoms with Gasteiger partial charge in [-0.15, -0.1) is 0 Å². The van der Waals surface area contributed by atoms with E-state index in [9.17, 15) is 0 Å². The predicted octanol–water partition coefficient (Wildman–Crippen LogP) is 2.51. The third-order valence-corrected chi connectivity index (χ3v) is 5.52. The van der Waals surface area contributed by atoms with Gasteiger partial charge in [0.15, 0.2) is 0 Å². The van der Waals surface area contributed by atoms with E-state index in [1.807, 2.05) is 0 Å². The van der Waals surface area contributed by atoms with Crippen LogP contribution in [0.5, 0.6) is 0 Å². The van der Waals surface area contributed by atoms with Crippen molar-refractivity contribution < 1.29 is 4.74 Å². The van der Waals surface area contributed by atoms with E-state index in [4.69, 9.17) is 4.74 Å². The molecule has 3 heteroatoms. The van der Waals surface area contributed by atoms with Crippen LogP contribution in [0.4, 0.5) is 0 Å². The van der Waals surface area contributed by atoms with Crippen molar-refractivity contribution in [1.82, 2.24) is 9.80 Å². The van der Waals surface area contributed by atoms with E-state index in [0.29, 0.717) is 11.6 Å². The van der Waals surface area contributed by atoms with Crippen LogP contribution >= 0.6 is 0 Å². The third-order valence-electron chi connectivity index (χ3n) is 5.52. The van der Waals surface area contributed by atoms with Crippen molar-refractivity contribution >= 4 is 0 Å². The molecule has 0 amide bonds. The van der Waals surface area contributed by atoms with E-state index in [2.05, 4.69) is 16.8 Å². The molecule has 0 aromatic carbocycles. The van der Waals surface area contributed by atoms with Gasteiger partial charge in [-0.25, -0.2) is 0 Å². The Morgan fingerprint density at radius 1 is 1.11 bits per heavy atom. The fourth-order valence-corrected chi connectivity index (χ4v) is 4.42. The van der Waals surface area contributed by atoms with Crippen LogP contribution in [-0.2, 0) is 4.74 Å². The Hall–Kier alpha value is -0.120. The minimum absolute atomic E-state index is 0.504. The molecule has 1 saturated carbocycles. The van der Waals surface area contributed by atoms with Crippen molar-refractivity contribution in [3.8, 4) is 0 Å². The van der Waals surface area contributed by atoms with Crippen LogP contribution in [0.15, 0.2) is 0 Å². The molecule has 2 saturated heterocycles. The molecule has 3 rings (SSSR count). The molecular weight excluding hydrogens is 236 g/mol. The molecule has 19 heavy (non-hydrogen) atoms. The summed E-state index contributed by atoms with van der Waals surface area (Å²) in [5, 5.41) is 0. The zero-order valence-electron chi connectivity index (χ0n) is 12.6. The van der Waals surface area contributed by atoms with Gasteiger partial charge < -0.3 is 9.64 Å². The van der Waals surface area contributed by atoms with E-state index in [1.54, 1.807) is 0 Å². The highest BCUT2D eigenvalue weighted by molar-refractivity contribution is 4.98. The molecule has 0 aromatic heterocycles. The van der Waals surface area contributed by atoms with Gasteiger partial charge >= 0.3 is 0 Å². The average Bonchev–Trinajstić information content (AvgIpc) is 2.92. The molecular formula is C16H30N2O. The molecule has 3 fully saturated rings. The Balaban J connectivity index is 1.59. The lowest BCUT2D eigenvalue weighted by atomic mass is 9.78. The van der Waals surface area contributed by atoms with Crippen molar-refractivity contribution in [2.45, 2.75) is 63.0 Å². The van der Waals surface area contributed by atoms with Gasteiger partial charge in [0.25, 0.3) is 0 Å². The minimum Gasteiger partial charge on any atom is -0.378 e. The van der Waals surface area contributed by atoms with Crippen LogP contribution in [0.3, 0.4) is 0 Å². The van der Waals surface area contributed by atoms with Crippen molar-refractivity contribution in [3.63, 3.8) is 0 Å². The first-order chi connectivity index (χ1) is 9.28. The number of nitrogens with zero attached hydrogens (tertiary/aromatic N) is 2. The molecule has 1 atom stereocenters. The van der Waals surface area contributed by atoms with E-state index in [-0.39, 0.29) is 0 Å². The molecule has 1 spiro atoms. The van der Waals surface area contributed by atoms with E-state index >= 15 is 0 Å². The zero-order chi connectivity index (χ0) is 13.1. The summed E-state index contributed by atoms with van der Waals surface area (Å²) in [6.45, 7) is 6.06. The van der Waals surface area contributed by atoms with E-state index < -0.39 is 0 Å². The molecule has 0 bridgehead atoms. The first kappa shape index (κ1) is 13.8. The summed E-state index contributed by atoms with van der Waals surface area (Å²) in [4.78, 5) is 5.38. The van der Waals surface area contributed by atoms with Gasteiger partial charge in [0, 0.05) is 38.3 Å². The summed E-state index contributed by atoms with van der Waals surface area (Å²) in [5.41, 5.74) is 0.504. The van der Waals surface area contributed by atoms with Crippen molar-refractivity contribution in [3.05, 3.63) is 0 Å². The summed E-state index contributed by atoms with van der Waals surface area (Å²) in [6.07, 6.45) is 11.5. The maximum atomic E-state index is 5.80. The smallest absolute Gasteiger partial charge is 0.0588 e. The second-order valence-electron chi connectivity index (χ2n) is 6.93.